The zero-order chi connectivity index (χ0) is 20.8. The average molecular weight is 436 g/mol. The Morgan fingerprint density at radius 2 is 1.86 bits per heavy atom. The number of thiazole rings is 1. The van der Waals surface area contributed by atoms with Crippen LogP contribution in [0.25, 0.3) is 21.5 Å². The molecule has 0 aliphatic carbocycles. The molecule has 2 aromatic heterocycles. The molecule has 4 rings (SSSR count). The van der Waals surface area contributed by atoms with Gasteiger partial charge in [0.1, 0.15) is 5.69 Å². The SMILES string of the molecule is Cc1nc2c(=O)n(Cc3cccc(C(F)(F)F)c3)nc(-c3ccc(Cl)cc3)c2s1. The molecule has 0 aliphatic rings. The Balaban J connectivity index is 1.86. The Labute approximate surface area is 172 Å². The van der Waals surface area contributed by atoms with E-state index < -0.39 is 17.3 Å². The van der Waals surface area contributed by atoms with Crippen LogP contribution in [0.3, 0.4) is 0 Å². The van der Waals surface area contributed by atoms with Gasteiger partial charge in [-0.25, -0.2) is 9.67 Å². The second-order valence-electron chi connectivity index (χ2n) is 6.43. The molecule has 0 saturated carbocycles. The van der Waals surface area contributed by atoms with Crippen molar-refractivity contribution in [3.05, 3.63) is 80.0 Å². The maximum Gasteiger partial charge on any atom is 0.416 e. The molecule has 0 spiro atoms. The minimum atomic E-state index is -4.46. The first-order chi connectivity index (χ1) is 13.7. The van der Waals surface area contributed by atoms with Crippen LogP contribution < -0.4 is 5.56 Å². The summed E-state index contributed by atoms with van der Waals surface area (Å²) in [5.74, 6) is 0. The molecule has 0 unspecified atom stereocenters. The van der Waals surface area contributed by atoms with Crippen LogP contribution in [-0.4, -0.2) is 14.8 Å². The number of hydrogen-bond acceptors (Lipinski definition) is 4. The van der Waals surface area contributed by atoms with E-state index in [9.17, 15) is 18.0 Å². The fourth-order valence-electron chi connectivity index (χ4n) is 2.99. The van der Waals surface area contributed by atoms with E-state index in [1.165, 1.54) is 23.5 Å². The molecule has 4 nitrogen and oxygen atoms in total. The fraction of sp³-hybridized carbons (Fsp3) is 0.150. The molecule has 4 aromatic rings. The lowest BCUT2D eigenvalue weighted by Crippen LogP contribution is -2.24. The van der Waals surface area contributed by atoms with E-state index in [1.807, 2.05) is 0 Å². The van der Waals surface area contributed by atoms with Crippen LogP contribution in [0.15, 0.2) is 53.3 Å². The largest absolute Gasteiger partial charge is 0.416 e. The van der Waals surface area contributed by atoms with Crippen LogP contribution in [-0.2, 0) is 12.7 Å². The Morgan fingerprint density at radius 3 is 2.55 bits per heavy atom. The first-order valence-electron chi connectivity index (χ1n) is 8.53. The minimum Gasteiger partial charge on any atom is -0.265 e. The summed E-state index contributed by atoms with van der Waals surface area (Å²) in [7, 11) is 0. The Kier molecular flexibility index (Phi) is 4.92. The van der Waals surface area contributed by atoms with E-state index in [0.717, 1.165) is 22.4 Å². The number of aromatic nitrogens is 3. The third-order valence-electron chi connectivity index (χ3n) is 4.31. The molecular weight excluding hydrogens is 423 g/mol. The topological polar surface area (TPSA) is 47.8 Å². The number of fused-ring (bicyclic) bond motifs is 1. The van der Waals surface area contributed by atoms with Gasteiger partial charge in [0.2, 0.25) is 0 Å². The van der Waals surface area contributed by atoms with Gasteiger partial charge in [-0.05, 0) is 36.8 Å². The van der Waals surface area contributed by atoms with Crippen molar-refractivity contribution < 1.29 is 13.2 Å². The summed E-state index contributed by atoms with van der Waals surface area (Å²) in [6, 6.07) is 11.8. The number of rotatable bonds is 3. The van der Waals surface area contributed by atoms with Crippen molar-refractivity contribution in [3.8, 4) is 11.3 Å². The van der Waals surface area contributed by atoms with E-state index in [2.05, 4.69) is 10.1 Å². The van der Waals surface area contributed by atoms with E-state index in [-0.39, 0.29) is 12.1 Å². The van der Waals surface area contributed by atoms with Gasteiger partial charge in [-0.3, -0.25) is 4.79 Å². The molecule has 0 bridgehead atoms. The van der Waals surface area contributed by atoms with E-state index >= 15 is 0 Å². The third kappa shape index (κ3) is 3.90. The average Bonchev–Trinajstić information content (AvgIpc) is 3.06. The van der Waals surface area contributed by atoms with Crippen molar-refractivity contribution >= 4 is 33.2 Å². The molecule has 0 fully saturated rings. The zero-order valence-corrected chi connectivity index (χ0v) is 16.6. The second-order valence-corrected chi connectivity index (χ2v) is 8.07. The molecule has 9 heteroatoms. The highest BCUT2D eigenvalue weighted by Crippen LogP contribution is 2.31. The Bertz CT molecular complexity index is 1260. The van der Waals surface area contributed by atoms with Gasteiger partial charge in [-0.2, -0.15) is 18.3 Å². The van der Waals surface area contributed by atoms with Crippen LogP contribution in [0.5, 0.6) is 0 Å². The molecule has 0 amide bonds. The maximum atomic E-state index is 13.0. The van der Waals surface area contributed by atoms with Crippen molar-refractivity contribution in [3.63, 3.8) is 0 Å². The first-order valence-corrected chi connectivity index (χ1v) is 9.72. The highest BCUT2D eigenvalue weighted by molar-refractivity contribution is 7.19. The van der Waals surface area contributed by atoms with Crippen LogP contribution in [0.1, 0.15) is 16.1 Å². The summed E-state index contributed by atoms with van der Waals surface area (Å²) in [6.07, 6.45) is -4.46. The van der Waals surface area contributed by atoms with Crippen LogP contribution in [0.4, 0.5) is 13.2 Å². The summed E-state index contributed by atoms with van der Waals surface area (Å²) in [4.78, 5) is 17.2. The molecule has 2 heterocycles. The number of nitrogens with zero attached hydrogens (tertiary/aromatic N) is 3. The molecule has 29 heavy (non-hydrogen) atoms. The van der Waals surface area contributed by atoms with Gasteiger partial charge in [-0.1, -0.05) is 35.9 Å². The normalized spacial score (nSPS) is 11.9. The quantitative estimate of drug-likeness (QED) is 0.424. The number of alkyl halides is 3. The van der Waals surface area contributed by atoms with Crippen molar-refractivity contribution in [1.82, 2.24) is 14.8 Å². The monoisotopic (exact) mass is 435 g/mol. The highest BCUT2D eigenvalue weighted by Gasteiger charge is 2.30. The zero-order valence-electron chi connectivity index (χ0n) is 15.0. The van der Waals surface area contributed by atoms with Gasteiger partial charge in [0, 0.05) is 10.6 Å². The maximum absolute atomic E-state index is 13.0. The van der Waals surface area contributed by atoms with Gasteiger partial charge in [0.25, 0.3) is 5.56 Å². The number of hydrogen-bond donors (Lipinski definition) is 0. The predicted molar refractivity (Wildman–Crippen MR) is 107 cm³/mol. The molecule has 0 saturated heterocycles. The lowest BCUT2D eigenvalue weighted by atomic mass is 10.1. The molecular formula is C20H13ClF3N3OS. The lowest BCUT2D eigenvalue weighted by Gasteiger charge is -2.11. The molecule has 148 valence electrons. The predicted octanol–water partition coefficient (Wildman–Crippen LogP) is 5.55. The molecule has 0 aliphatic heterocycles. The van der Waals surface area contributed by atoms with Crippen molar-refractivity contribution in [2.45, 2.75) is 19.6 Å². The van der Waals surface area contributed by atoms with Crippen molar-refractivity contribution in [2.75, 3.05) is 0 Å². The van der Waals surface area contributed by atoms with Gasteiger partial charge in [0.05, 0.1) is 21.8 Å². The van der Waals surface area contributed by atoms with Gasteiger partial charge in [-0.15, -0.1) is 11.3 Å². The van der Waals surface area contributed by atoms with Gasteiger partial charge >= 0.3 is 6.18 Å². The van der Waals surface area contributed by atoms with Crippen LogP contribution >= 0.6 is 22.9 Å². The Hall–Kier alpha value is -2.71. The minimum absolute atomic E-state index is 0.101. The van der Waals surface area contributed by atoms with Crippen LogP contribution in [0, 0.1) is 6.92 Å². The summed E-state index contributed by atoms with van der Waals surface area (Å²) in [6.45, 7) is 1.68. The summed E-state index contributed by atoms with van der Waals surface area (Å²) < 4.78 is 40.8. The summed E-state index contributed by atoms with van der Waals surface area (Å²) >= 11 is 7.30. The van der Waals surface area contributed by atoms with E-state index in [4.69, 9.17) is 11.6 Å². The molecule has 2 aromatic carbocycles. The third-order valence-corrected chi connectivity index (χ3v) is 5.54. The van der Waals surface area contributed by atoms with Gasteiger partial charge in [0.15, 0.2) is 5.52 Å². The number of aryl methyl sites for hydroxylation is 1. The Morgan fingerprint density at radius 1 is 1.14 bits per heavy atom. The second kappa shape index (κ2) is 7.27. The smallest absolute Gasteiger partial charge is 0.265 e. The molecule has 0 radical (unpaired) electrons. The standard InChI is InChI=1S/C20H13ClF3N3OS/c1-11-25-17-18(29-11)16(13-5-7-15(21)8-6-13)26-27(19(17)28)10-12-3-2-4-14(9-12)20(22,23)24/h2-9H,10H2,1H3. The first kappa shape index (κ1) is 19.6. The number of benzene rings is 2. The molecule has 0 atom stereocenters. The van der Waals surface area contributed by atoms with Crippen molar-refractivity contribution in [2.24, 2.45) is 0 Å². The lowest BCUT2D eigenvalue weighted by molar-refractivity contribution is -0.137. The highest BCUT2D eigenvalue weighted by atomic mass is 35.5. The van der Waals surface area contributed by atoms with Gasteiger partial charge < -0.3 is 0 Å². The van der Waals surface area contributed by atoms with E-state index in [1.54, 1.807) is 31.2 Å². The number of halogens is 4. The van der Waals surface area contributed by atoms with Crippen molar-refractivity contribution in [1.29, 1.82) is 0 Å². The fourth-order valence-corrected chi connectivity index (χ4v) is 4.03. The summed E-state index contributed by atoms with van der Waals surface area (Å²) in [5, 5.41) is 5.71. The van der Waals surface area contributed by atoms with Crippen LogP contribution in [0.2, 0.25) is 5.02 Å². The summed E-state index contributed by atoms with van der Waals surface area (Å²) in [5.41, 5.74) is 0.628. The van der Waals surface area contributed by atoms with E-state index in [0.29, 0.717) is 26.0 Å². The molecule has 0 N–H and O–H groups in total.